The Balaban J connectivity index is 2.06. The van der Waals surface area contributed by atoms with Crippen LogP contribution in [0, 0.1) is 11.3 Å². The van der Waals surface area contributed by atoms with Crippen molar-refractivity contribution in [1.82, 2.24) is 4.98 Å². The lowest BCUT2D eigenvalue weighted by atomic mass is 10.0. The molecule has 3 aromatic rings. The predicted molar refractivity (Wildman–Crippen MR) is 135 cm³/mol. The molecule has 1 N–H and O–H groups in total. The molecule has 0 aliphatic carbocycles. The third kappa shape index (κ3) is 5.65. The molecule has 0 aliphatic heterocycles. The molecule has 0 radical (unpaired) electrons. The number of hydrogen-bond acceptors (Lipinski definition) is 7. The van der Waals surface area contributed by atoms with Crippen molar-refractivity contribution >= 4 is 51.1 Å². The highest BCUT2D eigenvalue weighted by molar-refractivity contribution is 6.37. The minimum atomic E-state index is 0.346. The van der Waals surface area contributed by atoms with Gasteiger partial charge in [0.15, 0.2) is 0 Å². The third-order valence-corrected chi connectivity index (χ3v) is 5.65. The van der Waals surface area contributed by atoms with E-state index in [0.29, 0.717) is 69.2 Å². The van der Waals surface area contributed by atoms with Crippen LogP contribution in [-0.4, -0.2) is 39.0 Å². The molecule has 2 aromatic carbocycles. The maximum Gasteiger partial charge on any atom is 0.139 e. The highest BCUT2D eigenvalue weighted by Crippen LogP contribution is 2.39. The molecule has 34 heavy (non-hydrogen) atoms. The van der Waals surface area contributed by atoms with Gasteiger partial charge >= 0.3 is 0 Å². The van der Waals surface area contributed by atoms with Crippen LogP contribution in [0.4, 0.5) is 11.4 Å². The summed E-state index contributed by atoms with van der Waals surface area (Å²) in [5.41, 5.74) is 3.77. The molecule has 1 aromatic heterocycles. The van der Waals surface area contributed by atoms with Crippen LogP contribution in [0.1, 0.15) is 25.0 Å². The number of halogens is 2. The molecule has 0 fully saturated rings. The van der Waals surface area contributed by atoms with Crippen LogP contribution in [-0.2, 0) is 9.47 Å². The molecule has 9 heteroatoms. The molecular weight excluding hydrogens is 477 g/mol. The monoisotopic (exact) mass is 501 g/mol. The summed E-state index contributed by atoms with van der Waals surface area (Å²) in [5, 5.41) is 14.4. The van der Waals surface area contributed by atoms with E-state index in [1.165, 1.54) is 13.3 Å². The molecule has 0 bridgehead atoms. The average Bonchev–Trinajstić information content (AvgIpc) is 2.84. The molecule has 0 unspecified atom stereocenters. The van der Waals surface area contributed by atoms with Gasteiger partial charge in [-0.15, -0.1) is 0 Å². The minimum absolute atomic E-state index is 0.346. The lowest BCUT2D eigenvalue weighted by Gasteiger charge is -2.16. The number of fused-ring (bicyclic) bond motifs is 1. The topological polar surface area (TPSA) is 85.6 Å². The number of hydrogen-bond donors (Lipinski definition) is 1. The Morgan fingerprint density at radius 3 is 2.53 bits per heavy atom. The van der Waals surface area contributed by atoms with Crippen LogP contribution >= 0.6 is 23.2 Å². The summed E-state index contributed by atoms with van der Waals surface area (Å²) in [6, 6.07) is 9.16. The fraction of sp³-hybridized carbons (Fsp3) is 0.280. The predicted octanol–water partition coefficient (Wildman–Crippen LogP) is 6.59. The number of ether oxygens (including phenoxy) is 4. The second-order valence-corrected chi connectivity index (χ2v) is 8.00. The SMILES string of the molecule is CCOCCO/C=C(\C)c1cc2ncc(C#N)c(Nc3cc(OC)c(Cl)cc3Cl)c2cc1OC. The van der Waals surface area contributed by atoms with E-state index < -0.39 is 0 Å². The van der Waals surface area contributed by atoms with Crippen molar-refractivity contribution < 1.29 is 18.9 Å². The Kier molecular flexibility index (Phi) is 8.83. The van der Waals surface area contributed by atoms with E-state index in [0.717, 1.165) is 11.1 Å². The van der Waals surface area contributed by atoms with Crippen molar-refractivity contribution in [3.05, 3.63) is 57.9 Å². The summed E-state index contributed by atoms with van der Waals surface area (Å²) in [6.07, 6.45) is 3.19. The number of anilines is 2. The standard InChI is InChI=1S/C25H25Cl2N3O4/c1-5-33-6-7-34-14-15(2)17-8-21-18(9-23(17)31-3)25(16(12-28)13-29-21)30-22-11-24(32-4)20(27)10-19(22)26/h8-11,13-14H,5-7H2,1-4H3,(H,29,30)/b15-14+. The van der Waals surface area contributed by atoms with E-state index >= 15 is 0 Å². The number of benzene rings is 2. The van der Waals surface area contributed by atoms with Gasteiger partial charge in [0, 0.05) is 29.8 Å². The van der Waals surface area contributed by atoms with E-state index in [1.807, 2.05) is 26.0 Å². The Bertz CT molecular complexity index is 1260. The summed E-state index contributed by atoms with van der Waals surface area (Å²) < 4.78 is 21.8. The van der Waals surface area contributed by atoms with E-state index in [4.69, 9.17) is 42.1 Å². The quantitative estimate of drug-likeness (QED) is 0.247. The summed E-state index contributed by atoms with van der Waals surface area (Å²) in [6.45, 7) is 5.47. The number of allylic oxidation sites excluding steroid dienone is 1. The van der Waals surface area contributed by atoms with Crippen molar-refractivity contribution in [1.29, 1.82) is 5.26 Å². The zero-order chi connectivity index (χ0) is 24.7. The molecule has 0 amide bonds. The highest BCUT2D eigenvalue weighted by atomic mass is 35.5. The van der Waals surface area contributed by atoms with Crippen LogP contribution in [0.3, 0.4) is 0 Å². The molecule has 0 aliphatic rings. The van der Waals surface area contributed by atoms with Crippen molar-refractivity contribution in [2.24, 2.45) is 0 Å². The molecule has 0 saturated carbocycles. The second-order valence-electron chi connectivity index (χ2n) is 7.19. The Morgan fingerprint density at radius 2 is 1.85 bits per heavy atom. The maximum absolute atomic E-state index is 9.72. The van der Waals surface area contributed by atoms with E-state index in [1.54, 1.807) is 25.5 Å². The number of methoxy groups -OCH3 is 2. The fourth-order valence-corrected chi connectivity index (χ4v) is 3.84. The van der Waals surface area contributed by atoms with Gasteiger partial charge < -0.3 is 24.3 Å². The smallest absolute Gasteiger partial charge is 0.139 e. The molecule has 0 saturated heterocycles. The number of nitrogens with one attached hydrogen (secondary N) is 1. The van der Waals surface area contributed by atoms with Gasteiger partial charge in [-0.3, -0.25) is 4.98 Å². The van der Waals surface area contributed by atoms with Gasteiger partial charge in [-0.25, -0.2) is 0 Å². The van der Waals surface area contributed by atoms with Gasteiger partial charge in [-0.1, -0.05) is 23.2 Å². The van der Waals surface area contributed by atoms with Crippen molar-refractivity contribution in [2.45, 2.75) is 13.8 Å². The number of rotatable bonds is 10. The molecule has 178 valence electrons. The number of pyridine rings is 1. The van der Waals surface area contributed by atoms with Crippen LogP contribution in [0.25, 0.3) is 16.5 Å². The summed E-state index contributed by atoms with van der Waals surface area (Å²) in [4.78, 5) is 4.48. The first-order valence-corrected chi connectivity index (χ1v) is 11.3. The molecule has 0 atom stereocenters. The first-order valence-electron chi connectivity index (χ1n) is 10.5. The minimum Gasteiger partial charge on any atom is -0.498 e. The van der Waals surface area contributed by atoms with Gasteiger partial charge in [0.1, 0.15) is 24.2 Å². The lowest BCUT2D eigenvalue weighted by Crippen LogP contribution is -2.01. The first-order chi connectivity index (χ1) is 16.4. The van der Waals surface area contributed by atoms with E-state index in [-0.39, 0.29) is 0 Å². The summed E-state index contributed by atoms with van der Waals surface area (Å²) in [7, 11) is 3.10. The molecular formula is C25H25Cl2N3O4. The van der Waals surface area contributed by atoms with Gasteiger partial charge in [-0.05, 0) is 37.6 Å². The molecule has 1 heterocycles. The molecule has 0 spiro atoms. The molecule has 7 nitrogen and oxygen atoms in total. The van der Waals surface area contributed by atoms with Gasteiger partial charge in [-0.2, -0.15) is 5.26 Å². The first kappa shape index (κ1) is 25.4. The maximum atomic E-state index is 9.72. The van der Waals surface area contributed by atoms with Gasteiger partial charge in [0.05, 0.1) is 59.6 Å². The number of aromatic nitrogens is 1. The fourth-order valence-electron chi connectivity index (χ4n) is 3.33. The number of nitriles is 1. The van der Waals surface area contributed by atoms with Gasteiger partial charge in [0.25, 0.3) is 0 Å². The Labute approximate surface area is 208 Å². The van der Waals surface area contributed by atoms with Gasteiger partial charge in [0.2, 0.25) is 0 Å². The zero-order valence-electron chi connectivity index (χ0n) is 19.4. The van der Waals surface area contributed by atoms with Crippen LogP contribution in [0.2, 0.25) is 10.0 Å². The van der Waals surface area contributed by atoms with E-state index in [2.05, 4.69) is 16.4 Å². The summed E-state index contributed by atoms with van der Waals surface area (Å²) >= 11 is 12.6. The second kappa shape index (κ2) is 11.8. The lowest BCUT2D eigenvalue weighted by molar-refractivity contribution is 0.0936. The van der Waals surface area contributed by atoms with Crippen LogP contribution in [0.5, 0.6) is 11.5 Å². The number of nitrogens with zero attached hydrogens (tertiary/aromatic N) is 2. The highest BCUT2D eigenvalue weighted by Gasteiger charge is 2.17. The zero-order valence-corrected chi connectivity index (χ0v) is 20.9. The third-order valence-electron chi connectivity index (χ3n) is 5.05. The van der Waals surface area contributed by atoms with Crippen molar-refractivity contribution in [3.63, 3.8) is 0 Å². The van der Waals surface area contributed by atoms with Crippen LogP contribution in [0.15, 0.2) is 36.7 Å². The van der Waals surface area contributed by atoms with Crippen LogP contribution < -0.4 is 14.8 Å². The van der Waals surface area contributed by atoms with E-state index in [9.17, 15) is 5.26 Å². The molecule has 3 rings (SSSR count). The van der Waals surface area contributed by atoms with Crippen molar-refractivity contribution in [3.8, 4) is 17.6 Å². The largest absolute Gasteiger partial charge is 0.498 e. The average molecular weight is 502 g/mol. The normalized spacial score (nSPS) is 11.3. The Morgan fingerprint density at radius 1 is 1.09 bits per heavy atom. The Hall–Kier alpha value is -3.18. The summed E-state index contributed by atoms with van der Waals surface area (Å²) in [5.74, 6) is 1.06. The van der Waals surface area contributed by atoms with Crippen molar-refractivity contribution in [2.75, 3.05) is 39.4 Å².